The van der Waals surface area contributed by atoms with Crippen LogP contribution in [0.3, 0.4) is 0 Å². The van der Waals surface area contributed by atoms with E-state index in [0.717, 1.165) is 37.4 Å². The van der Waals surface area contributed by atoms with Gasteiger partial charge in [-0.1, -0.05) is 23.7 Å². The first kappa shape index (κ1) is 17.3. The summed E-state index contributed by atoms with van der Waals surface area (Å²) in [6.45, 7) is 1.77. The number of carbonyl (C=O) groups is 1. The third-order valence-electron chi connectivity index (χ3n) is 3.65. The van der Waals surface area contributed by atoms with Gasteiger partial charge in [0.05, 0.1) is 6.04 Å². The first-order chi connectivity index (χ1) is 9.22. The molecule has 0 aliphatic carbocycles. The van der Waals surface area contributed by atoms with Gasteiger partial charge in [0.25, 0.3) is 0 Å². The van der Waals surface area contributed by atoms with Crippen LogP contribution >= 0.6 is 24.0 Å². The molecule has 0 radical (unpaired) electrons. The maximum absolute atomic E-state index is 12.2. The summed E-state index contributed by atoms with van der Waals surface area (Å²) in [5.74, 6) is 0.271. The van der Waals surface area contributed by atoms with E-state index in [1.54, 1.807) is 0 Å². The fourth-order valence-electron chi connectivity index (χ4n) is 2.66. The van der Waals surface area contributed by atoms with E-state index in [0.29, 0.717) is 6.42 Å². The molecule has 20 heavy (non-hydrogen) atoms. The lowest BCUT2D eigenvalue weighted by Gasteiger charge is -2.25. The number of hydrogen-bond acceptors (Lipinski definition) is 2. The molecule has 0 saturated carbocycles. The second kappa shape index (κ2) is 8.50. The number of amides is 1. The van der Waals surface area contributed by atoms with Crippen molar-refractivity contribution in [3.8, 4) is 0 Å². The molecule has 1 heterocycles. The number of nitrogens with one attached hydrogen (secondary N) is 1. The van der Waals surface area contributed by atoms with Gasteiger partial charge < -0.3 is 10.2 Å². The average Bonchev–Trinajstić information content (AvgIpc) is 2.89. The van der Waals surface area contributed by atoms with Gasteiger partial charge in [-0.2, -0.15) is 0 Å². The molecule has 1 fully saturated rings. The third-order valence-corrected chi connectivity index (χ3v) is 3.90. The van der Waals surface area contributed by atoms with Crippen LogP contribution in [0.2, 0.25) is 5.02 Å². The number of nitrogens with zero attached hydrogens (tertiary/aromatic N) is 1. The van der Waals surface area contributed by atoms with Crippen molar-refractivity contribution in [1.29, 1.82) is 0 Å². The van der Waals surface area contributed by atoms with Crippen molar-refractivity contribution in [1.82, 2.24) is 10.2 Å². The van der Waals surface area contributed by atoms with Gasteiger partial charge in [0.15, 0.2) is 0 Å². The van der Waals surface area contributed by atoms with E-state index in [2.05, 4.69) is 5.32 Å². The molecule has 1 N–H and O–H groups in total. The Labute approximate surface area is 132 Å². The summed E-state index contributed by atoms with van der Waals surface area (Å²) in [7, 11) is 1.91. The molecule has 0 bridgehead atoms. The Morgan fingerprint density at radius 2 is 2.10 bits per heavy atom. The molecule has 0 aromatic heterocycles. The van der Waals surface area contributed by atoms with Crippen molar-refractivity contribution in [3.05, 3.63) is 34.9 Å². The van der Waals surface area contributed by atoms with E-state index in [4.69, 9.17) is 11.6 Å². The van der Waals surface area contributed by atoms with Gasteiger partial charge in [-0.15, -0.1) is 12.4 Å². The first-order valence-corrected chi connectivity index (χ1v) is 7.29. The van der Waals surface area contributed by atoms with Gasteiger partial charge in [0, 0.05) is 18.0 Å². The van der Waals surface area contributed by atoms with Crippen LogP contribution in [-0.2, 0) is 4.79 Å². The smallest absolute Gasteiger partial charge is 0.223 e. The van der Waals surface area contributed by atoms with Crippen molar-refractivity contribution in [2.45, 2.75) is 31.7 Å². The Balaban J connectivity index is 0.00000200. The highest BCUT2D eigenvalue weighted by atomic mass is 35.5. The molecular formula is C15H22Cl2N2O. The van der Waals surface area contributed by atoms with Crippen LogP contribution in [0.25, 0.3) is 0 Å². The second-order valence-electron chi connectivity index (χ2n) is 5.00. The Kier molecular flexibility index (Phi) is 7.35. The minimum absolute atomic E-state index is 0. The molecule has 1 atom stereocenters. The van der Waals surface area contributed by atoms with Crippen LogP contribution < -0.4 is 5.32 Å². The van der Waals surface area contributed by atoms with Crippen LogP contribution in [0.4, 0.5) is 0 Å². The molecule has 5 heteroatoms. The number of hydrogen-bond donors (Lipinski definition) is 1. The van der Waals surface area contributed by atoms with Gasteiger partial charge in [0.2, 0.25) is 5.91 Å². The summed E-state index contributed by atoms with van der Waals surface area (Å²) in [6, 6.07) is 8.11. The molecule has 1 aliphatic heterocycles. The highest BCUT2D eigenvalue weighted by molar-refractivity contribution is 6.30. The highest BCUT2D eigenvalue weighted by Gasteiger charge is 2.29. The zero-order chi connectivity index (χ0) is 13.7. The van der Waals surface area contributed by atoms with Crippen molar-refractivity contribution in [3.63, 3.8) is 0 Å². The molecule has 0 spiro atoms. The van der Waals surface area contributed by atoms with Crippen LogP contribution in [0.15, 0.2) is 24.3 Å². The Morgan fingerprint density at radius 3 is 2.75 bits per heavy atom. The van der Waals surface area contributed by atoms with Crippen molar-refractivity contribution in [2.75, 3.05) is 20.1 Å². The molecule has 1 amide bonds. The van der Waals surface area contributed by atoms with Crippen molar-refractivity contribution >= 4 is 29.9 Å². The molecule has 2 rings (SSSR count). The number of benzene rings is 1. The molecule has 1 saturated heterocycles. The van der Waals surface area contributed by atoms with Gasteiger partial charge in [-0.25, -0.2) is 0 Å². The van der Waals surface area contributed by atoms with Crippen LogP contribution in [0.5, 0.6) is 0 Å². The van der Waals surface area contributed by atoms with Gasteiger partial charge >= 0.3 is 0 Å². The standard InChI is InChI=1S/C15H21ClN2O.ClH/c1-17-10-2-5-15(19)18-11-3-4-14(18)12-6-8-13(16)9-7-12;/h6-9,14,17H,2-5,10-11H2,1H3;1H. The molecule has 1 aromatic rings. The Morgan fingerprint density at radius 1 is 1.40 bits per heavy atom. The zero-order valence-electron chi connectivity index (χ0n) is 11.8. The number of rotatable bonds is 5. The quantitative estimate of drug-likeness (QED) is 0.844. The maximum atomic E-state index is 12.2. The SMILES string of the molecule is CNCCCC(=O)N1CCCC1c1ccc(Cl)cc1.Cl. The Bertz CT molecular complexity index is 422. The highest BCUT2D eigenvalue weighted by Crippen LogP contribution is 2.32. The molecule has 1 unspecified atom stereocenters. The first-order valence-electron chi connectivity index (χ1n) is 6.92. The lowest BCUT2D eigenvalue weighted by molar-refractivity contribution is -0.132. The average molecular weight is 317 g/mol. The van der Waals surface area contributed by atoms with Crippen LogP contribution in [-0.4, -0.2) is 30.9 Å². The van der Waals surface area contributed by atoms with Crippen LogP contribution in [0.1, 0.15) is 37.3 Å². The summed E-state index contributed by atoms with van der Waals surface area (Å²) in [5.41, 5.74) is 1.20. The van der Waals surface area contributed by atoms with Crippen molar-refractivity contribution < 1.29 is 4.79 Å². The van der Waals surface area contributed by atoms with Crippen molar-refractivity contribution in [2.24, 2.45) is 0 Å². The number of likely N-dealkylation sites (tertiary alicyclic amines) is 1. The lowest BCUT2D eigenvalue weighted by atomic mass is 10.0. The second-order valence-corrected chi connectivity index (χ2v) is 5.44. The molecule has 1 aromatic carbocycles. The fraction of sp³-hybridized carbons (Fsp3) is 0.533. The topological polar surface area (TPSA) is 32.3 Å². The van der Waals surface area contributed by atoms with Gasteiger partial charge in [0.1, 0.15) is 0 Å². The minimum Gasteiger partial charge on any atom is -0.336 e. The van der Waals surface area contributed by atoms with Crippen LogP contribution in [0, 0.1) is 0 Å². The minimum atomic E-state index is 0. The zero-order valence-corrected chi connectivity index (χ0v) is 13.3. The summed E-state index contributed by atoms with van der Waals surface area (Å²) >= 11 is 5.91. The van der Waals surface area contributed by atoms with E-state index in [9.17, 15) is 4.79 Å². The van der Waals surface area contributed by atoms with E-state index in [1.807, 2.05) is 36.2 Å². The van der Waals surface area contributed by atoms with E-state index in [1.165, 1.54) is 5.56 Å². The van der Waals surface area contributed by atoms with E-state index in [-0.39, 0.29) is 24.4 Å². The third kappa shape index (κ3) is 4.37. The summed E-state index contributed by atoms with van der Waals surface area (Å²) < 4.78 is 0. The number of halogens is 2. The number of carbonyl (C=O) groups excluding carboxylic acids is 1. The lowest BCUT2D eigenvalue weighted by Crippen LogP contribution is -2.30. The monoisotopic (exact) mass is 316 g/mol. The molecule has 112 valence electrons. The predicted molar refractivity (Wildman–Crippen MR) is 85.5 cm³/mol. The van der Waals surface area contributed by atoms with E-state index >= 15 is 0 Å². The summed E-state index contributed by atoms with van der Waals surface area (Å²) in [5, 5.41) is 3.82. The summed E-state index contributed by atoms with van der Waals surface area (Å²) in [4.78, 5) is 14.3. The predicted octanol–water partition coefficient (Wildman–Crippen LogP) is 3.42. The van der Waals surface area contributed by atoms with Gasteiger partial charge in [-0.3, -0.25) is 4.79 Å². The fourth-order valence-corrected chi connectivity index (χ4v) is 2.78. The molecule has 1 aliphatic rings. The van der Waals surface area contributed by atoms with E-state index < -0.39 is 0 Å². The molecule has 3 nitrogen and oxygen atoms in total. The van der Waals surface area contributed by atoms with Gasteiger partial charge in [-0.05, 0) is 50.6 Å². The summed E-state index contributed by atoms with van der Waals surface area (Å²) in [6.07, 6.45) is 3.68. The molecular weight excluding hydrogens is 295 g/mol. The largest absolute Gasteiger partial charge is 0.336 e. The Hall–Kier alpha value is -0.770. The maximum Gasteiger partial charge on any atom is 0.223 e. The normalized spacial score (nSPS) is 17.9.